The van der Waals surface area contributed by atoms with Gasteiger partial charge in [-0.05, 0) is 37.1 Å². The summed E-state index contributed by atoms with van der Waals surface area (Å²) in [5.41, 5.74) is 2.23. The van der Waals surface area contributed by atoms with Crippen LogP contribution in [0, 0.1) is 6.92 Å². The highest BCUT2D eigenvalue weighted by Crippen LogP contribution is 2.36. The summed E-state index contributed by atoms with van der Waals surface area (Å²) in [6.45, 7) is 4.78. The number of benzene rings is 1. The minimum absolute atomic E-state index is 0.167. The SMILES string of the molecule is CCCC1CC(O)(c2ccc3nc(C)ccc3c2)CCO1. The van der Waals surface area contributed by atoms with E-state index in [2.05, 4.69) is 24.0 Å². The van der Waals surface area contributed by atoms with Crippen LogP contribution in [-0.2, 0) is 10.3 Å². The van der Waals surface area contributed by atoms with Gasteiger partial charge in [0.05, 0.1) is 23.8 Å². The van der Waals surface area contributed by atoms with E-state index in [-0.39, 0.29) is 6.10 Å². The average molecular weight is 285 g/mol. The summed E-state index contributed by atoms with van der Waals surface area (Å²) in [5, 5.41) is 12.1. The Balaban J connectivity index is 1.93. The van der Waals surface area contributed by atoms with Gasteiger partial charge in [0, 0.05) is 23.9 Å². The lowest BCUT2D eigenvalue weighted by atomic mass is 9.82. The van der Waals surface area contributed by atoms with Crippen LogP contribution >= 0.6 is 0 Å². The van der Waals surface area contributed by atoms with Gasteiger partial charge in [0.15, 0.2) is 0 Å². The summed E-state index contributed by atoms with van der Waals surface area (Å²) in [6, 6.07) is 10.2. The van der Waals surface area contributed by atoms with E-state index in [1.165, 1.54) is 0 Å². The average Bonchev–Trinajstić information content (AvgIpc) is 2.47. The first-order valence-corrected chi connectivity index (χ1v) is 7.82. The zero-order valence-corrected chi connectivity index (χ0v) is 12.8. The lowest BCUT2D eigenvalue weighted by Gasteiger charge is -2.37. The third-order valence-corrected chi connectivity index (χ3v) is 4.41. The van der Waals surface area contributed by atoms with Crippen molar-refractivity contribution in [3.63, 3.8) is 0 Å². The van der Waals surface area contributed by atoms with Crippen LogP contribution in [0.15, 0.2) is 30.3 Å². The number of aromatic nitrogens is 1. The maximum atomic E-state index is 11.1. The lowest BCUT2D eigenvalue weighted by molar-refractivity contribution is -0.110. The molecule has 1 aromatic heterocycles. The van der Waals surface area contributed by atoms with Crippen molar-refractivity contribution in [2.24, 2.45) is 0 Å². The summed E-state index contributed by atoms with van der Waals surface area (Å²) in [7, 11) is 0. The number of pyridine rings is 1. The van der Waals surface area contributed by atoms with Crippen molar-refractivity contribution in [3.05, 3.63) is 41.6 Å². The van der Waals surface area contributed by atoms with Gasteiger partial charge in [0.2, 0.25) is 0 Å². The van der Waals surface area contributed by atoms with Crippen molar-refractivity contribution in [1.82, 2.24) is 4.98 Å². The first kappa shape index (κ1) is 14.5. The van der Waals surface area contributed by atoms with E-state index in [0.29, 0.717) is 19.4 Å². The third-order valence-electron chi connectivity index (χ3n) is 4.41. The number of nitrogens with zero attached hydrogens (tertiary/aromatic N) is 1. The minimum Gasteiger partial charge on any atom is -0.385 e. The molecule has 3 heteroatoms. The van der Waals surface area contributed by atoms with Crippen LogP contribution in [0.3, 0.4) is 0 Å². The van der Waals surface area contributed by atoms with Crippen LogP contribution in [0.4, 0.5) is 0 Å². The predicted octanol–water partition coefficient (Wildman–Crippen LogP) is 3.71. The Bertz CT molecular complexity index is 638. The summed E-state index contributed by atoms with van der Waals surface area (Å²) in [5.74, 6) is 0. The third kappa shape index (κ3) is 2.94. The van der Waals surface area contributed by atoms with Crippen LogP contribution in [0.25, 0.3) is 10.9 Å². The molecule has 2 atom stereocenters. The molecule has 21 heavy (non-hydrogen) atoms. The molecule has 1 aromatic carbocycles. The largest absolute Gasteiger partial charge is 0.385 e. The quantitative estimate of drug-likeness (QED) is 0.934. The van der Waals surface area contributed by atoms with Crippen LogP contribution in [-0.4, -0.2) is 22.8 Å². The van der Waals surface area contributed by atoms with Crippen LogP contribution in [0.1, 0.15) is 43.9 Å². The fraction of sp³-hybridized carbons (Fsp3) is 0.500. The lowest BCUT2D eigenvalue weighted by Crippen LogP contribution is -2.38. The van der Waals surface area contributed by atoms with Gasteiger partial charge in [-0.15, -0.1) is 0 Å². The summed E-state index contributed by atoms with van der Waals surface area (Å²) in [4.78, 5) is 4.52. The Kier molecular flexibility index (Phi) is 3.96. The summed E-state index contributed by atoms with van der Waals surface area (Å²) < 4.78 is 5.77. The van der Waals surface area contributed by atoms with Crippen molar-refractivity contribution in [1.29, 1.82) is 0 Å². The Morgan fingerprint density at radius 1 is 1.33 bits per heavy atom. The first-order chi connectivity index (χ1) is 10.1. The summed E-state index contributed by atoms with van der Waals surface area (Å²) >= 11 is 0. The van der Waals surface area contributed by atoms with Gasteiger partial charge < -0.3 is 9.84 Å². The highest BCUT2D eigenvalue weighted by atomic mass is 16.5. The molecule has 2 aromatic rings. The standard InChI is InChI=1S/C18H23NO2/c1-3-4-16-12-18(20,9-10-21-16)15-7-8-17-14(11-15)6-5-13(2)19-17/h5-8,11,16,20H,3-4,9-10,12H2,1-2H3. The van der Waals surface area contributed by atoms with Crippen molar-refractivity contribution < 1.29 is 9.84 Å². The Hall–Kier alpha value is -1.45. The van der Waals surface area contributed by atoms with Gasteiger partial charge in [-0.2, -0.15) is 0 Å². The molecule has 3 nitrogen and oxygen atoms in total. The van der Waals surface area contributed by atoms with Gasteiger partial charge in [-0.1, -0.05) is 25.5 Å². The van der Waals surface area contributed by atoms with E-state index >= 15 is 0 Å². The monoisotopic (exact) mass is 285 g/mol. The second-order valence-corrected chi connectivity index (χ2v) is 6.13. The van der Waals surface area contributed by atoms with Crippen LogP contribution in [0.2, 0.25) is 0 Å². The number of hydrogen-bond acceptors (Lipinski definition) is 3. The predicted molar refractivity (Wildman–Crippen MR) is 84.3 cm³/mol. The number of aryl methyl sites for hydroxylation is 1. The molecule has 1 fully saturated rings. The molecule has 0 saturated carbocycles. The minimum atomic E-state index is -0.767. The smallest absolute Gasteiger partial charge is 0.0943 e. The Morgan fingerprint density at radius 3 is 3.00 bits per heavy atom. The summed E-state index contributed by atoms with van der Waals surface area (Å²) in [6.07, 6.45) is 3.61. The van der Waals surface area contributed by atoms with E-state index in [1.54, 1.807) is 0 Å². The molecule has 0 radical (unpaired) electrons. The molecule has 3 rings (SSSR count). The molecule has 112 valence electrons. The van der Waals surface area contributed by atoms with Gasteiger partial charge >= 0.3 is 0 Å². The number of rotatable bonds is 3. The van der Waals surface area contributed by atoms with E-state index < -0.39 is 5.60 Å². The second kappa shape index (κ2) is 5.74. The zero-order chi connectivity index (χ0) is 14.9. The van der Waals surface area contributed by atoms with E-state index in [1.807, 2.05) is 25.1 Å². The first-order valence-electron chi connectivity index (χ1n) is 7.82. The molecular weight excluding hydrogens is 262 g/mol. The van der Waals surface area contributed by atoms with Gasteiger partial charge in [-0.3, -0.25) is 4.98 Å². The van der Waals surface area contributed by atoms with Crippen LogP contribution < -0.4 is 0 Å². The fourth-order valence-electron chi connectivity index (χ4n) is 3.22. The molecule has 0 aliphatic carbocycles. The van der Waals surface area contributed by atoms with Crippen LogP contribution in [0.5, 0.6) is 0 Å². The number of fused-ring (bicyclic) bond motifs is 1. The zero-order valence-electron chi connectivity index (χ0n) is 12.8. The second-order valence-electron chi connectivity index (χ2n) is 6.13. The molecule has 1 aliphatic heterocycles. The Labute approximate surface area is 126 Å². The number of hydrogen-bond donors (Lipinski definition) is 1. The number of ether oxygens (including phenoxy) is 1. The Morgan fingerprint density at radius 2 is 2.19 bits per heavy atom. The molecule has 1 N–H and O–H groups in total. The maximum absolute atomic E-state index is 11.1. The molecule has 1 saturated heterocycles. The fourth-order valence-corrected chi connectivity index (χ4v) is 3.22. The molecule has 0 bridgehead atoms. The van der Waals surface area contributed by atoms with E-state index in [9.17, 15) is 5.11 Å². The highest BCUT2D eigenvalue weighted by molar-refractivity contribution is 5.79. The van der Waals surface area contributed by atoms with Gasteiger partial charge in [0.25, 0.3) is 0 Å². The van der Waals surface area contributed by atoms with Gasteiger partial charge in [0.1, 0.15) is 0 Å². The van der Waals surface area contributed by atoms with E-state index in [4.69, 9.17) is 4.74 Å². The molecular formula is C18H23NO2. The molecule has 0 amide bonds. The van der Waals surface area contributed by atoms with Crippen molar-refractivity contribution in [3.8, 4) is 0 Å². The highest BCUT2D eigenvalue weighted by Gasteiger charge is 2.36. The van der Waals surface area contributed by atoms with Crippen molar-refractivity contribution in [2.75, 3.05) is 6.61 Å². The number of aliphatic hydroxyl groups is 1. The normalized spacial score (nSPS) is 26.1. The topological polar surface area (TPSA) is 42.4 Å². The molecule has 0 spiro atoms. The molecule has 2 heterocycles. The van der Waals surface area contributed by atoms with Crippen molar-refractivity contribution in [2.45, 2.75) is 51.2 Å². The van der Waals surface area contributed by atoms with E-state index in [0.717, 1.165) is 35.0 Å². The van der Waals surface area contributed by atoms with Crippen molar-refractivity contribution >= 4 is 10.9 Å². The maximum Gasteiger partial charge on any atom is 0.0943 e. The molecule has 1 aliphatic rings. The van der Waals surface area contributed by atoms with Gasteiger partial charge in [-0.25, -0.2) is 0 Å². The molecule has 2 unspecified atom stereocenters.